The van der Waals surface area contributed by atoms with Crippen LogP contribution in [0.4, 0.5) is 5.69 Å². The molecule has 2 rings (SSSR count). The van der Waals surface area contributed by atoms with E-state index in [2.05, 4.69) is 5.32 Å². The first kappa shape index (κ1) is 13.4. The molecule has 0 heterocycles. The highest BCUT2D eigenvalue weighted by atomic mass is 35.5. The minimum atomic E-state index is -0.421. The Morgan fingerprint density at radius 3 is 2.74 bits per heavy atom. The van der Waals surface area contributed by atoms with Crippen LogP contribution in [0.25, 0.3) is 0 Å². The highest BCUT2D eigenvalue weighted by Gasteiger charge is 2.03. The van der Waals surface area contributed by atoms with Gasteiger partial charge in [-0.05, 0) is 42.3 Å². The first-order valence-electron chi connectivity index (χ1n) is 5.95. The van der Waals surface area contributed by atoms with E-state index >= 15 is 0 Å². The fourth-order valence-electron chi connectivity index (χ4n) is 1.80. The van der Waals surface area contributed by atoms with Gasteiger partial charge in [0.15, 0.2) is 0 Å². The first-order valence-corrected chi connectivity index (χ1v) is 6.33. The Labute approximate surface area is 117 Å². The van der Waals surface area contributed by atoms with E-state index in [1.54, 1.807) is 12.1 Å². The summed E-state index contributed by atoms with van der Waals surface area (Å²) >= 11 is 6.14. The molecular weight excluding hydrogens is 260 g/mol. The van der Waals surface area contributed by atoms with Crippen molar-refractivity contribution in [3.8, 4) is 0 Å². The number of benzene rings is 2. The van der Waals surface area contributed by atoms with Crippen molar-refractivity contribution in [2.45, 2.75) is 13.5 Å². The Hall–Kier alpha value is -2.00. The van der Waals surface area contributed by atoms with E-state index in [4.69, 9.17) is 17.3 Å². The van der Waals surface area contributed by atoms with Gasteiger partial charge in [0.05, 0.1) is 10.7 Å². The second-order valence-electron chi connectivity index (χ2n) is 4.40. The molecule has 0 spiro atoms. The number of nitrogens with one attached hydrogen (secondary N) is 1. The largest absolute Gasteiger partial charge is 0.380 e. The van der Waals surface area contributed by atoms with Gasteiger partial charge in [-0.3, -0.25) is 4.79 Å². The molecule has 3 N–H and O–H groups in total. The quantitative estimate of drug-likeness (QED) is 0.898. The molecule has 0 radical (unpaired) electrons. The maximum Gasteiger partial charge on any atom is 0.248 e. The Morgan fingerprint density at radius 2 is 2.05 bits per heavy atom. The van der Waals surface area contributed by atoms with E-state index in [1.807, 2.05) is 37.3 Å². The summed E-state index contributed by atoms with van der Waals surface area (Å²) < 4.78 is 0. The van der Waals surface area contributed by atoms with Gasteiger partial charge in [-0.15, -0.1) is 0 Å². The molecule has 3 nitrogen and oxygen atoms in total. The molecule has 0 aliphatic rings. The van der Waals surface area contributed by atoms with Crippen LogP contribution in [0.5, 0.6) is 0 Å². The summed E-state index contributed by atoms with van der Waals surface area (Å²) in [5.41, 5.74) is 8.73. The van der Waals surface area contributed by atoms with Gasteiger partial charge < -0.3 is 11.1 Å². The SMILES string of the molecule is Cc1ccc(NCc2cccc(C(N)=O)c2)c(Cl)c1. The van der Waals surface area contributed by atoms with Crippen LogP contribution in [0.3, 0.4) is 0 Å². The lowest BCUT2D eigenvalue weighted by Gasteiger charge is -2.09. The molecule has 0 aliphatic heterocycles. The average molecular weight is 275 g/mol. The van der Waals surface area contributed by atoms with E-state index < -0.39 is 5.91 Å². The zero-order chi connectivity index (χ0) is 13.8. The number of hydrogen-bond acceptors (Lipinski definition) is 2. The zero-order valence-electron chi connectivity index (χ0n) is 10.6. The third-order valence-corrected chi connectivity index (χ3v) is 3.13. The topological polar surface area (TPSA) is 55.1 Å². The summed E-state index contributed by atoms with van der Waals surface area (Å²) in [4.78, 5) is 11.1. The van der Waals surface area contributed by atoms with Crippen molar-refractivity contribution in [2.24, 2.45) is 5.73 Å². The molecule has 0 aromatic heterocycles. The number of carbonyl (C=O) groups excluding carboxylic acids is 1. The highest BCUT2D eigenvalue weighted by Crippen LogP contribution is 2.23. The summed E-state index contributed by atoms with van der Waals surface area (Å²) in [6.07, 6.45) is 0. The molecule has 98 valence electrons. The highest BCUT2D eigenvalue weighted by molar-refractivity contribution is 6.33. The van der Waals surface area contributed by atoms with Crippen molar-refractivity contribution in [1.29, 1.82) is 0 Å². The first-order chi connectivity index (χ1) is 9.06. The number of hydrogen-bond donors (Lipinski definition) is 2. The Balaban J connectivity index is 2.10. The predicted octanol–water partition coefficient (Wildman–Crippen LogP) is 3.36. The minimum absolute atomic E-state index is 0.421. The van der Waals surface area contributed by atoms with Crippen molar-refractivity contribution in [3.05, 3.63) is 64.2 Å². The summed E-state index contributed by atoms with van der Waals surface area (Å²) in [6.45, 7) is 2.58. The van der Waals surface area contributed by atoms with Gasteiger partial charge in [-0.25, -0.2) is 0 Å². The molecular formula is C15H15ClN2O. The predicted molar refractivity (Wildman–Crippen MR) is 78.5 cm³/mol. The minimum Gasteiger partial charge on any atom is -0.380 e. The molecule has 0 fully saturated rings. The molecule has 0 saturated heterocycles. The van der Waals surface area contributed by atoms with E-state index in [0.29, 0.717) is 17.1 Å². The molecule has 2 aromatic rings. The van der Waals surface area contributed by atoms with Crippen molar-refractivity contribution in [2.75, 3.05) is 5.32 Å². The fraction of sp³-hybridized carbons (Fsp3) is 0.133. The normalized spacial score (nSPS) is 10.2. The Kier molecular flexibility index (Phi) is 4.07. The lowest BCUT2D eigenvalue weighted by atomic mass is 10.1. The molecule has 4 heteroatoms. The van der Waals surface area contributed by atoms with Gasteiger partial charge in [-0.2, -0.15) is 0 Å². The van der Waals surface area contributed by atoms with Gasteiger partial charge in [-0.1, -0.05) is 29.8 Å². The number of carbonyl (C=O) groups is 1. The molecule has 0 aliphatic carbocycles. The number of halogens is 1. The van der Waals surface area contributed by atoms with Crippen LogP contribution < -0.4 is 11.1 Å². The van der Waals surface area contributed by atoms with E-state index in [-0.39, 0.29) is 0 Å². The Morgan fingerprint density at radius 1 is 1.26 bits per heavy atom. The van der Waals surface area contributed by atoms with Gasteiger partial charge >= 0.3 is 0 Å². The number of anilines is 1. The lowest BCUT2D eigenvalue weighted by molar-refractivity contribution is 0.1000. The molecule has 2 aromatic carbocycles. The summed E-state index contributed by atoms with van der Waals surface area (Å²) in [7, 11) is 0. The van der Waals surface area contributed by atoms with Crippen LogP contribution in [-0.4, -0.2) is 5.91 Å². The number of rotatable bonds is 4. The van der Waals surface area contributed by atoms with Crippen LogP contribution in [0.1, 0.15) is 21.5 Å². The maximum atomic E-state index is 11.1. The second-order valence-corrected chi connectivity index (χ2v) is 4.81. The second kappa shape index (κ2) is 5.76. The van der Waals surface area contributed by atoms with E-state index in [9.17, 15) is 4.79 Å². The van der Waals surface area contributed by atoms with E-state index in [0.717, 1.165) is 16.8 Å². The number of primary amides is 1. The van der Waals surface area contributed by atoms with Crippen LogP contribution in [0.2, 0.25) is 5.02 Å². The number of nitrogens with two attached hydrogens (primary N) is 1. The molecule has 1 amide bonds. The smallest absolute Gasteiger partial charge is 0.248 e. The number of aryl methyl sites for hydroxylation is 1. The van der Waals surface area contributed by atoms with Crippen molar-refractivity contribution >= 4 is 23.2 Å². The molecule has 0 atom stereocenters. The van der Waals surface area contributed by atoms with Crippen molar-refractivity contribution < 1.29 is 4.79 Å². The van der Waals surface area contributed by atoms with Gasteiger partial charge in [0.1, 0.15) is 0 Å². The standard InChI is InChI=1S/C15H15ClN2O/c1-10-5-6-14(13(16)7-10)18-9-11-3-2-4-12(8-11)15(17)19/h2-8,18H,9H2,1H3,(H2,17,19). The molecule has 0 bridgehead atoms. The third-order valence-electron chi connectivity index (χ3n) is 2.82. The van der Waals surface area contributed by atoms with Crippen molar-refractivity contribution in [3.63, 3.8) is 0 Å². The van der Waals surface area contributed by atoms with Crippen LogP contribution in [0, 0.1) is 6.92 Å². The van der Waals surface area contributed by atoms with Crippen molar-refractivity contribution in [1.82, 2.24) is 0 Å². The van der Waals surface area contributed by atoms with Gasteiger partial charge in [0.25, 0.3) is 0 Å². The average Bonchev–Trinajstić information content (AvgIpc) is 2.38. The zero-order valence-corrected chi connectivity index (χ0v) is 11.4. The number of amides is 1. The van der Waals surface area contributed by atoms with Crippen LogP contribution in [0.15, 0.2) is 42.5 Å². The monoisotopic (exact) mass is 274 g/mol. The fourth-order valence-corrected chi connectivity index (χ4v) is 2.10. The Bertz CT molecular complexity index is 611. The van der Waals surface area contributed by atoms with Gasteiger partial charge in [0, 0.05) is 12.1 Å². The molecule has 19 heavy (non-hydrogen) atoms. The maximum absolute atomic E-state index is 11.1. The van der Waals surface area contributed by atoms with E-state index in [1.165, 1.54) is 0 Å². The summed E-state index contributed by atoms with van der Waals surface area (Å²) in [5.74, 6) is -0.421. The third kappa shape index (κ3) is 3.48. The van der Waals surface area contributed by atoms with Crippen LogP contribution >= 0.6 is 11.6 Å². The lowest BCUT2D eigenvalue weighted by Crippen LogP contribution is -2.11. The molecule has 0 saturated carbocycles. The summed E-state index contributed by atoms with van der Waals surface area (Å²) in [6, 6.07) is 13.1. The van der Waals surface area contributed by atoms with Crippen LogP contribution in [-0.2, 0) is 6.54 Å². The van der Waals surface area contributed by atoms with Gasteiger partial charge in [0.2, 0.25) is 5.91 Å². The summed E-state index contributed by atoms with van der Waals surface area (Å²) in [5, 5.41) is 3.92. The molecule has 0 unspecified atom stereocenters.